The molecule has 0 aromatic heterocycles. The van der Waals surface area contributed by atoms with Crippen molar-refractivity contribution in [1.82, 2.24) is 0 Å². The first-order chi connectivity index (χ1) is 28.0. The first-order valence-corrected chi connectivity index (χ1v) is 24.8. The van der Waals surface area contributed by atoms with Crippen LogP contribution in [0.4, 0.5) is 0 Å². The predicted molar refractivity (Wildman–Crippen MR) is 240 cm³/mol. The third kappa shape index (κ3) is 43.5. The quantitative estimate of drug-likeness (QED) is 0.0196. The molecule has 0 spiro atoms. The number of esters is 2. The number of carbonyl (C=O) groups is 2. The van der Waals surface area contributed by atoms with Gasteiger partial charge in [0.15, 0.2) is 6.10 Å². The minimum atomic E-state index is -4.64. The molecule has 0 saturated carbocycles. The molecule has 0 heterocycles. The Morgan fingerprint density at radius 3 is 1.45 bits per heavy atom. The van der Waals surface area contributed by atoms with Gasteiger partial charge in [0.05, 0.1) is 27.7 Å². The number of unbranched alkanes of at least 4 members (excludes halogenated alkanes) is 20. The van der Waals surface area contributed by atoms with Gasteiger partial charge >= 0.3 is 11.9 Å². The number of hydrogen-bond acceptors (Lipinski definition) is 8. The number of phosphoric ester groups is 1. The van der Waals surface area contributed by atoms with Crippen LogP contribution in [-0.2, 0) is 32.7 Å². The van der Waals surface area contributed by atoms with Crippen molar-refractivity contribution >= 4 is 19.8 Å². The van der Waals surface area contributed by atoms with Crippen LogP contribution >= 0.6 is 7.82 Å². The lowest BCUT2D eigenvalue weighted by Gasteiger charge is -2.28. The van der Waals surface area contributed by atoms with E-state index < -0.39 is 32.5 Å². The van der Waals surface area contributed by atoms with Gasteiger partial charge in [-0.3, -0.25) is 14.2 Å². The molecule has 0 aliphatic rings. The third-order valence-electron chi connectivity index (χ3n) is 9.82. The van der Waals surface area contributed by atoms with Gasteiger partial charge < -0.3 is 27.9 Å². The molecule has 9 nitrogen and oxygen atoms in total. The van der Waals surface area contributed by atoms with Crippen molar-refractivity contribution in [1.29, 1.82) is 0 Å². The van der Waals surface area contributed by atoms with Crippen LogP contribution in [0.1, 0.15) is 194 Å². The van der Waals surface area contributed by atoms with Crippen LogP contribution in [0.2, 0.25) is 0 Å². The van der Waals surface area contributed by atoms with Gasteiger partial charge in [0.2, 0.25) is 0 Å². The zero-order chi connectivity index (χ0) is 42.8. The van der Waals surface area contributed by atoms with Crippen LogP contribution in [0.25, 0.3) is 0 Å². The molecule has 0 aliphatic heterocycles. The summed E-state index contributed by atoms with van der Waals surface area (Å²) in [6, 6.07) is 0. The van der Waals surface area contributed by atoms with Crippen LogP contribution in [0.5, 0.6) is 0 Å². The van der Waals surface area contributed by atoms with E-state index in [0.29, 0.717) is 23.9 Å². The standard InChI is InChI=1S/C48H88NO8P/c1-6-8-10-12-14-16-18-20-22-24-26-28-30-32-34-36-38-40-47(50)54-44-46(45-56-58(52,53)55-43-42-49(3,4)5)57-48(51)41-39-37-35-33-31-29-27-25-23-21-19-17-15-13-11-9-7-2/h20-23,27,29,33,35,46H,6-19,24-26,28,30-32,34,36-45H2,1-5H3/b22-20+,23-21+,29-27+,35-33+/t46-/m1/s1. The number of hydrogen-bond donors (Lipinski definition) is 0. The van der Waals surface area contributed by atoms with E-state index in [1.807, 2.05) is 27.2 Å². The molecule has 0 fully saturated rings. The maximum absolute atomic E-state index is 12.7. The average Bonchev–Trinajstić information content (AvgIpc) is 3.17. The van der Waals surface area contributed by atoms with E-state index in [-0.39, 0.29) is 26.1 Å². The van der Waals surface area contributed by atoms with Gasteiger partial charge in [0, 0.05) is 12.8 Å². The molecule has 0 bridgehead atoms. The third-order valence-corrected chi connectivity index (χ3v) is 10.8. The predicted octanol–water partition coefficient (Wildman–Crippen LogP) is 12.8. The van der Waals surface area contributed by atoms with Crippen molar-refractivity contribution in [2.75, 3.05) is 47.5 Å². The summed E-state index contributed by atoms with van der Waals surface area (Å²) in [5.41, 5.74) is 0. The molecule has 0 aromatic rings. The Hall–Kier alpha value is -2.03. The smallest absolute Gasteiger partial charge is 0.306 e. The highest BCUT2D eigenvalue weighted by atomic mass is 31.2. The van der Waals surface area contributed by atoms with E-state index in [4.69, 9.17) is 18.5 Å². The van der Waals surface area contributed by atoms with Gasteiger partial charge in [-0.05, 0) is 70.6 Å². The summed E-state index contributed by atoms with van der Waals surface area (Å²) in [6.07, 6.45) is 47.2. The van der Waals surface area contributed by atoms with Crippen molar-refractivity contribution in [3.05, 3.63) is 48.6 Å². The maximum atomic E-state index is 12.7. The van der Waals surface area contributed by atoms with Crippen LogP contribution in [-0.4, -0.2) is 70.0 Å². The van der Waals surface area contributed by atoms with Gasteiger partial charge in [-0.15, -0.1) is 0 Å². The number of likely N-dealkylation sites (N-methyl/N-ethyl adjacent to an activating group) is 1. The first kappa shape index (κ1) is 56.0. The largest absolute Gasteiger partial charge is 0.756 e. The van der Waals surface area contributed by atoms with Crippen molar-refractivity contribution < 1.29 is 42.1 Å². The SMILES string of the molecule is CCCCCCCC/C=C/C/C=C/C/C=C/CCCC(=O)O[C@H](COC(=O)CCCCCCCCC/C=C/CCCCCCCC)COP(=O)([O-])OCC[N+](C)(C)C. The number of rotatable bonds is 42. The monoisotopic (exact) mass is 838 g/mol. The average molecular weight is 838 g/mol. The molecular formula is C48H88NO8P. The normalized spacial score (nSPS) is 14.0. The molecule has 0 saturated heterocycles. The van der Waals surface area contributed by atoms with E-state index in [1.165, 1.54) is 103 Å². The van der Waals surface area contributed by atoms with E-state index >= 15 is 0 Å². The second kappa shape index (κ2) is 40.4. The number of ether oxygens (including phenoxy) is 2. The molecule has 58 heavy (non-hydrogen) atoms. The Morgan fingerprint density at radius 2 is 0.948 bits per heavy atom. The summed E-state index contributed by atoms with van der Waals surface area (Å²) in [4.78, 5) is 37.6. The Labute approximate surface area is 356 Å². The van der Waals surface area contributed by atoms with Gasteiger partial charge in [0.1, 0.15) is 19.8 Å². The second-order valence-corrected chi connectivity index (χ2v) is 18.2. The van der Waals surface area contributed by atoms with Gasteiger partial charge in [0.25, 0.3) is 7.82 Å². The zero-order valence-electron chi connectivity index (χ0n) is 38.0. The molecular weight excluding hydrogens is 750 g/mol. The van der Waals surface area contributed by atoms with E-state index in [1.54, 1.807) is 0 Å². The lowest BCUT2D eigenvalue weighted by atomic mass is 10.1. The fraction of sp³-hybridized carbons (Fsp3) is 0.792. The molecule has 0 aromatic carbocycles. The lowest BCUT2D eigenvalue weighted by molar-refractivity contribution is -0.870. The highest BCUT2D eigenvalue weighted by Gasteiger charge is 2.21. The van der Waals surface area contributed by atoms with E-state index in [9.17, 15) is 19.0 Å². The van der Waals surface area contributed by atoms with Crippen molar-refractivity contribution in [3.8, 4) is 0 Å². The molecule has 0 amide bonds. The summed E-state index contributed by atoms with van der Waals surface area (Å²) in [6.45, 7) is 4.16. The highest BCUT2D eigenvalue weighted by molar-refractivity contribution is 7.45. The van der Waals surface area contributed by atoms with Crippen molar-refractivity contribution in [3.63, 3.8) is 0 Å². The summed E-state index contributed by atoms with van der Waals surface area (Å²) < 4.78 is 33.9. The Kier molecular flexibility index (Phi) is 39.0. The van der Waals surface area contributed by atoms with E-state index in [2.05, 4.69) is 56.4 Å². The summed E-state index contributed by atoms with van der Waals surface area (Å²) in [5.74, 6) is -0.900. The first-order valence-electron chi connectivity index (χ1n) is 23.3. The number of allylic oxidation sites excluding steroid dienone is 8. The van der Waals surface area contributed by atoms with Crippen LogP contribution in [0, 0.1) is 0 Å². The summed E-state index contributed by atoms with van der Waals surface area (Å²) >= 11 is 0. The van der Waals surface area contributed by atoms with Gasteiger partial charge in [-0.25, -0.2) is 0 Å². The Balaban J connectivity index is 4.41. The molecule has 0 N–H and O–H groups in total. The zero-order valence-corrected chi connectivity index (χ0v) is 38.9. The molecule has 2 atom stereocenters. The molecule has 0 aliphatic carbocycles. The van der Waals surface area contributed by atoms with Crippen molar-refractivity contribution in [2.24, 2.45) is 0 Å². The fourth-order valence-electron chi connectivity index (χ4n) is 6.14. The minimum absolute atomic E-state index is 0.0416. The van der Waals surface area contributed by atoms with Crippen LogP contribution < -0.4 is 4.89 Å². The summed E-state index contributed by atoms with van der Waals surface area (Å²) in [5, 5.41) is 0. The molecule has 0 radical (unpaired) electrons. The fourth-order valence-corrected chi connectivity index (χ4v) is 6.86. The number of carbonyl (C=O) groups excluding carboxylic acids is 2. The molecule has 338 valence electrons. The Morgan fingerprint density at radius 1 is 0.534 bits per heavy atom. The van der Waals surface area contributed by atoms with Crippen molar-refractivity contribution in [2.45, 2.75) is 200 Å². The lowest BCUT2D eigenvalue weighted by Crippen LogP contribution is -2.37. The van der Waals surface area contributed by atoms with Gasteiger partial charge in [-0.2, -0.15) is 0 Å². The van der Waals surface area contributed by atoms with E-state index in [0.717, 1.165) is 51.4 Å². The summed E-state index contributed by atoms with van der Waals surface area (Å²) in [7, 11) is 1.13. The van der Waals surface area contributed by atoms with Gasteiger partial charge in [-0.1, -0.05) is 159 Å². The number of quaternary nitrogens is 1. The maximum Gasteiger partial charge on any atom is 0.306 e. The van der Waals surface area contributed by atoms with Crippen LogP contribution in [0.3, 0.4) is 0 Å². The highest BCUT2D eigenvalue weighted by Crippen LogP contribution is 2.38. The van der Waals surface area contributed by atoms with Crippen LogP contribution in [0.15, 0.2) is 48.6 Å². The topological polar surface area (TPSA) is 111 Å². The number of nitrogens with zero attached hydrogens (tertiary/aromatic N) is 1. The molecule has 0 rings (SSSR count). The minimum Gasteiger partial charge on any atom is -0.756 e. The Bertz CT molecular complexity index is 1130. The second-order valence-electron chi connectivity index (χ2n) is 16.8. The molecule has 10 heteroatoms. The number of phosphoric acid groups is 1. The molecule has 1 unspecified atom stereocenters.